The van der Waals surface area contributed by atoms with E-state index in [1.807, 2.05) is 42.5 Å². The Morgan fingerprint density at radius 3 is 2.70 bits per heavy atom. The number of nitrogens with zero attached hydrogens (tertiary/aromatic N) is 1. The lowest BCUT2D eigenvalue weighted by molar-refractivity contribution is -0.149. The highest BCUT2D eigenvalue weighted by atomic mass is 16.5. The number of nitrogens with two attached hydrogens (primary N) is 1. The highest BCUT2D eigenvalue weighted by Crippen LogP contribution is 2.33. The lowest BCUT2D eigenvalue weighted by Crippen LogP contribution is -2.44. The van der Waals surface area contributed by atoms with Crippen LogP contribution in [-0.2, 0) is 27.3 Å². The zero-order valence-electron chi connectivity index (χ0n) is 12.9. The van der Waals surface area contributed by atoms with Crippen molar-refractivity contribution in [3.63, 3.8) is 0 Å². The number of benzene rings is 2. The Balaban J connectivity index is 2.01. The SMILES string of the molecule is COC(=O)C1Cc2cc(N)ccc2N(Cc2ccccc2)C1=O. The maximum Gasteiger partial charge on any atom is 0.318 e. The van der Waals surface area contributed by atoms with Gasteiger partial charge in [0.25, 0.3) is 0 Å². The number of amides is 1. The van der Waals surface area contributed by atoms with Gasteiger partial charge in [-0.2, -0.15) is 0 Å². The number of fused-ring (bicyclic) bond motifs is 1. The van der Waals surface area contributed by atoms with Crippen molar-refractivity contribution >= 4 is 23.3 Å². The number of anilines is 2. The van der Waals surface area contributed by atoms with E-state index in [0.29, 0.717) is 18.7 Å². The number of rotatable bonds is 3. The fourth-order valence-electron chi connectivity index (χ4n) is 2.90. The first kappa shape index (κ1) is 15.1. The minimum absolute atomic E-state index is 0.238. The van der Waals surface area contributed by atoms with E-state index in [4.69, 9.17) is 10.5 Å². The summed E-state index contributed by atoms with van der Waals surface area (Å²) in [5.41, 5.74) is 9.14. The largest absolute Gasteiger partial charge is 0.468 e. The van der Waals surface area contributed by atoms with E-state index in [9.17, 15) is 9.59 Å². The molecular formula is C18H18N2O3. The molecule has 0 bridgehead atoms. The third-order valence-electron chi connectivity index (χ3n) is 4.05. The molecule has 1 heterocycles. The lowest BCUT2D eigenvalue weighted by atomic mass is 9.91. The van der Waals surface area contributed by atoms with Gasteiger partial charge >= 0.3 is 5.97 Å². The number of hydrogen-bond donors (Lipinski definition) is 1. The molecule has 0 aliphatic carbocycles. The van der Waals surface area contributed by atoms with Crippen LogP contribution in [0.5, 0.6) is 0 Å². The smallest absolute Gasteiger partial charge is 0.318 e. The van der Waals surface area contributed by atoms with Crippen molar-refractivity contribution in [3.05, 3.63) is 59.7 Å². The minimum Gasteiger partial charge on any atom is -0.468 e. The Bertz CT molecular complexity index is 743. The summed E-state index contributed by atoms with van der Waals surface area (Å²) in [5, 5.41) is 0. The molecule has 0 saturated heterocycles. The molecule has 0 radical (unpaired) electrons. The van der Waals surface area contributed by atoms with Crippen molar-refractivity contribution in [2.75, 3.05) is 17.7 Å². The quantitative estimate of drug-likeness (QED) is 0.535. The molecule has 23 heavy (non-hydrogen) atoms. The van der Waals surface area contributed by atoms with Gasteiger partial charge in [0.1, 0.15) is 5.92 Å². The molecule has 2 aromatic carbocycles. The number of hydrogen-bond acceptors (Lipinski definition) is 4. The van der Waals surface area contributed by atoms with E-state index in [1.165, 1.54) is 7.11 Å². The number of carbonyl (C=O) groups is 2. The number of ether oxygens (including phenoxy) is 1. The second-order valence-electron chi connectivity index (χ2n) is 5.58. The van der Waals surface area contributed by atoms with E-state index >= 15 is 0 Å². The summed E-state index contributed by atoms with van der Waals surface area (Å²) in [7, 11) is 1.30. The molecule has 1 unspecified atom stereocenters. The average Bonchev–Trinajstić information content (AvgIpc) is 2.57. The molecule has 1 aliphatic heterocycles. The maximum atomic E-state index is 12.8. The molecule has 1 aliphatic rings. The van der Waals surface area contributed by atoms with Gasteiger partial charge in [-0.15, -0.1) is 0 Å². The molecule has 5 heteroatoms. The van der Waals surface area contributed by atoms with E-state index in [-0.39, 0.29) is 5.91 Å². The van der Waals surface area contributed by atoms with E-state index < -0.39 is 11.9 Å². The highest BCUT2D eigenvalue weighted by Gasteiger charge is 2.38. The van der Waals surface area contributed by atoms with E-state index in [1.54, 1.807) is 11.0 Å². The fraction of sp³-hybridized carbons (Fsp3) is 0.222. The van der Waals surface area contributed by atoms with Crippen molar-refractivity contribution in [1.29, 1.82) is 0 Å². The number of esters is 1. The Labute approximate surface area is 134 Å². The van der Waals surface area contributed by atoms with E-state index in [2.05, 4.69) is 0 Å². The molecule has 0 saturated carbocycles. The van der Waals surface area contributed by atoms with Crippen molar-refractivity contribution in [2.45, 2.75) is 13.0 Å². The second-order valence-corrected chi connectivity index (χ2v) is 5.58. The highest BCUT2D eigenvalue weighted by molar-refractivity contribution is 6.08. The third kappa shape index (κ3) is 2.90. The Hall–Kier alpha value is -2.82. The molecule has 118 valence electrons. The van der Waals surface area contributed by atoms with Gasteiger partial charge in [-0.25, -0.2) is 0 Å². The van der Waals surface area contributed by atoms with Crippen LogP contribution in [0.15, 0.2) is 48.5 Å². The summed E-state index contributed by atoms with van der Waals surface area (Å²) in [6.45, 7) is 0.407. The number of nitrogen functional groups attached to an aromatic ring is 1. The fourth-order valence-corrected chi connectivity index (χ4v) is 2.90. The van der Waals surface area contributed by atoms with Crippen LogP contribution < -0.4 is 10.6 Å². The summed E-state index contributed by atoms with van der Waals surface area (Å²) in [6, 6.07) is 15.1. The van der Waals surface area contributed by atoms with Crippen LogP contribution in [0, 0.1) is 5.92 Å². The summed E-state index contributed by atoms with van der Waals surface area (Å²) >= 11 is 0. The van der Waals surface area contributed by atoms with Gasteiger partial charge in [0, 0.05) is 11.4 Å². The van der Waals surface area contributed by atoms with Gasteiger partial charge in [0.15, 0.2) is 0 Å². The van der Waals surface area contributed by atoms with Crippen LogP contribution in [-0.4, -0.2) is 19.0 Å². The van der Waals surface area contributed by atoms with Gasteiger partial charge in [-0.05, 0) is 35.7 Å². The van der Waals surface area contributed by atoms with Gasteiger partial charge in [0.05, 0.1) is 13.7 Å². The minimum atomic E-state index is -0.821. The van der Waals surface area contributed by atoms with Gasteiger partial charge < -0.3 is 15.4 Å². The van der Waals surface area contributed by atoms with Crippen molar-refractivity contribution in [1.82, 2.24) is 0 Å². The zero-order chi connectivity index (χ0) is 16.4. The molecule has 3 rings (SSSR count). The van der Waals surface area contributed by atoms with Gasteiger partial charge in [-0.1, -0.05) is 30.3 Å². The predicted octanol–water partition coefficient (Wildman–Crippen LogP) is 2.15. The van der Waals surface area contributed by atoms with Crippen LogP contribution in [0.3, 0.4) is 0 Å². The summed E-state index contributed by atoms with van der Waals surface area (Å²) < 4.78 is 4.79. The first-order valence-electron chi connectivity index (χ1n) is 7.41. The maximum absolute atomic E-state index is 12.8. The van der Waals surface area contributed by atoms with E-state index in [0.717, 1.165) is 16.8 Å². The predicted molar refractivity (Wildman–Crippen MR) is 87.7 cm³/mol. The summed E-state index contributed by atoms with van der Waals surface area (Å²) in [4.78, 5) is 26.4. The summed E-state index contributed by atoms with van der Waals surface area (Å²) in [5.74, 6) is -1.57. The first-order valence-corrected chi connectivity index (χ1v) is 7.41. The number of carbonyl (C=O) groups excluding carboxylic acids is 2. The molecular weight excluding hydrogens is 292 g/mol. The van der Waals surface area contributed by atoms with Crippen molar-refractivity contribution in [3.8, 4) is 0 Å². The van der Waals surface area contributed by atoms with Crippen molar-refractivity contribution in [2.24, 2.45) is 5.92 Å². The molecule has 0 fully saturated rings. The Morgan fingerprint density at radius 1 is 1.26 bits per heavy atom. The lowest BCUT2D eigenvalue weighted by Gasteiger charge is -2.33. The van der Waals surface area contributed by atoms with Gasteiger partial charge in [-0.3, -0.25) is 9.59 Å². The first-order chi connectivity index (χ1) is 11.1. The van der Waals surface area contributed by atoms with Crippen LogP contribution in [0.2, 0.25) is 0 Å². The second kappa shape index (κ2) is 6.12. The summed E-state index contributed by atoms with van der Waals surface area (Å²) in [6.07, 6.45) is 0.317. The Kier molecular flexibility index (Phi) is 4.02. The molecule has 2 N–H and O–H groups in total. The van der Waals surface area contributed by atoms with Crippen LogP contribution >= 0.6 is 0 Å². The molecule has 2 aromatic rings. The van der Waals surface area contributed by atoms with Crippen LogP contribution in [0.4, 0.5) is 11.4 Å². The Morgan fingerprint density at radius 2 is 2.00 bits per heavy atom. The molecule has 0 spiro atoms. The monoisotopic (exact) mass is 310 g/mol. The molecule has 0 aromatic heterocycles. The van der Waals surface area contributed by atoms with Crippen LogP contribution in [0.25, 0.3) is 0 Å². The average molecular weight is 310 g/mol. The molecule has 5 nitrogen and oxygen atoms in total. The molecule has 1 amide bonds. The van der Waals surface area contributed by atoms with Crippen LogP contribution in [0.1, 0.15) is 11.1 Å². The van der Waals surface area contributed by atoms with Crippen molar-refractivity contribution < 1.29 is 14.3 Å². The molecule has 1 atom stereocenters. The normalized spacial score (nSPS) is 16.8. The number of methoxy groups -OCH3 is 1. The standard InChI is InChI=1S/C18H18N2O3/c1-23-18(22)15-10-13-9-14(19)7-8-16(13)20(17(15)21)11-12-5-3-2-4-6-12/h2-9,15H,10-11,19H2,1H3. The topological polar surface area (TPSA) is 72.6 Å². The zero-order valence-corrected chi connectivity index (χ0v) is 12.9. The van der Waals surface area contributed by atoms with Gasteiger partial charge in [0.2, 0.25) is 5.91 Å². The third-order valence-corrected chi connectivity index (χ3v) is 4.05.